The molecule has 0 saturated heterocycles. The summed E-state index contributed by atoms with van der Waals surface area (Å²) in [6.45, 7) is 3.93. The van der Waals surface area contributed by atoms with Gasteiger partial charge in [-0.25, -0.2) is 4.98 Å². The van der Waals surface area contributed by atoms with Gasteiger partial charge in [-0.1, -0.05) is 38.1 Å². The summed E-state index contributed by atoms with van der Waals surface area (Å²) in [7, 11) is 0. The van der Waals surface area contributed by atoms with Gasteiger partial charge < -0.3 is 5.11 Å². The predicted molar refractivity (Wildman–Crippen MR) is 116 cm³/mol. The lowest BCUT2D eigenvalue weighted by Crippen LogP contribution is -2.54. The average molecular weight is 437 g/mol. The molecule has 3 aromatic rings. The normalized spacial score (nSPS) is 19.3. The summed E-state index contributed by atoms with van der Waals surface area (Å²) in [6, 6.07) is 11.9. The van der Waals surface area contributed by atoms with Gasteiger partial charge in [0.2, 0.25) is 11.4 Å². The van der Waals surface area contributed by atoms with Crippen LogP contribution in [-0.2, 0) is 5.75 Å². The van der Waals surface area contributed by atoms with Gasteiger partial charge in [-0.3, -0.25) is 19.3 Å². The molecule has 2 aromatic heterocycles. The van der Waals surface area contributed by atoms with Crippen LogP contribution in [0.5, 0.6) is 5.75 Å². The summed E-state index contributed by atoms with van der Waals surface area (Å²) >= 11 is 1.58. The number of hydrogen-bond acceptors (Lipinski definition) is 6. The van der Waals surface area contributed by atoms with E-state index in [2.05, 4.69) is 4.98 Å². The third-order valence-corrected chi connectivity index (χ3v) is 6.96. The van der Waals surface area contributed by atoms with Crippen LogP contribution in [0.2, 0.25) is 0 Å². The molecule has 1 atom stereocenters. The number of carbonyl (C=O) groups excluding carboxylic acids is 1. The Hall–Kier alpha value is -3.13. The van der Waals surface area contributed by atoms with Gasteiger partial charge in [0.25, 0.3) is 0 Å². The van der Waals surface area contributed by atoms with Crippen molar-refractivity contribution < 1.29 is 14.3 Å². The molecule has 0 aliphatic carbocycles. The molecule has 1 aromatic carbocycles. The summed E-state index contributed by atoms with van der Waals surface area (Å²) in [5.74, 6) is -0.884. The Kier molecular flexibility index (Phi) is 4.44. The first-order valence-electron chi connectivity index (χ1n) is 9.91. The number of halogens is 1. The first-order valence-corrected chi connectivity index (χ1v) is 10.9. The van der Waals surface area contributed by atoms with Crippen LogP contribution in [0.4, 0.5) is 4.39 Å². The van der Waals surface area contributed by atoms with Crippen molar-refractivity contribution in [3.63, 3.8) is 0 Å². The molecule has 0 saturated carbocycles. The van der Waals surface area contributed by atoms with Crippen LogP contribution < -0.4 is 10.4 Å². The van der Waals surface area contributed by atoms with Gasteiger partial charge >= 0.3 is 0 Å². The highest BCUT2D eigenvalue weighted by Gasteiger charge is 2.44. The lowest BCUT2D eigenvalue weighted by Gasteiger charge is -2.45. The van der Waals surface area contributed by atoms with Crippen LogP contribution in [0.1, 0.15) is 47.2 Å². The summed E-state index contributed by atoms with van der Waals surface area (Å²) in [5, 5.41) is 12.5. The van der Waals surface area contributed by atoms with Crippen LogP contribution >= 0.6 is 11.8 Å². The van der Waals surface area contributed by atoms with Gasteiger partial charge in [0, 0.05) is 40.4 Å². The molecule has 158 valence electrons. The van der Waals surface area contributed by atoms with E-state index in [1.54, 1.807) is 36.4 Å². The fourth-order valence-corrected chi connectivity index (χ4v) is 5.40. The lowest BCUT2D eigenvalue weighted by atomic mass is 9.82. The van der Waals surface area contributed by atoms with E-state index >= 15 is 0 Å². The highest BCUT2D eigenvalue weighted by Crippen LogP contribution is 2.44. The molecular formula is C23H20FN3O3S. The fraction of sp³-hybridized carbons (Fsp3) is 0.261. The van der Waals surface area contributed by atoms with Crippen LogP contribution in [0.25, 0.3) is 0 Å². The number of fused-ring (bicyclic) bond motifs is 3. The molecule has 0 amide bonds. The van der Waals surface area contributed by atoms with E-state index in [0.29, 0.717) is 18.0 Å². The molecule has 4 heterocycles. The Morgan fingerprint density at radius 2 is 1.90 bits per heavy atom. The minimum atomic E-state index is -0.854. The summed E-state index contributed by atoms with van der Waals surface area (Å²) in [5.41, 5.74) is 0.968. The molecule has 6 nitrogen and oxygen atoms in total. The molecule has 2 aliphatic heterocycles. The minimum Gasteiger partial charge on any atom is -0.503 e. The largest absolute Gasteiger partial charge is 0.503 e. The van der Waals surface area contributed by atoms with Gasteiger partial charge in [0.05, 0.1) is 11.7 Å². The summed E-state index contributed by atoms with van der Waals surface area (Å²) in [4.78, 5) is 30.4. The molecule has 0 fully saturated rings. The molecule has 2 aliphatic rings. The first kappa shape index (κ1) is 19.8. The van der Waals surface area contributed by atoms with Gasteiger partial charge in [-0.05, 0) is 17.7 Å². The Morgan fingerprint density at radius 3 is 2.71 bits per heavy atom. The van der Waals surface area contributed by atoms with E-state index in [9.17, 15) is 19.1 Å². The SMILES string of the molecule is CC1(C)CN([C@@H]2c3ccccc3SCc3nc(F)ccc32)n2ccc(=O)c(O)c2C1=O. The molecule has 5 rings (SSSR count). The van der Waals surface area contributed by atoms with Crippen molar-refractivity contribution in [1.82, 2.24) is 9.66 Å². The van der Waals surface area contributed by atoms with E-state index < -0.39 is 22.5 Å². The topological polar surface area (TPSA) is 75.4 Å². The molecule has 0 bridgehead atoms. The zero-order valence-electron chi connectivity index (χ0n) is 17.0. The maximum Gasteiger partial charge on any atom is 0.224 e. The number of aromatic hydroxyl groups is 1. The van der Waals surface area contributed by atoms with Gasteiger partial charge in [-0.15, -0.1) is 11.8 Å². The molecule has 1 N–H and O–H groups in total. The number of aromatic nitrogens is 2. The minimum absolute atomic E-state index is 0.0326. The standard InChI is InChI=1S/C23H20FN3O3S/c1-23(2)12-27(26-10-9-16(28)21(29)20(26)22(23)30)19-13-7-8-18(24)25-15(13)11-31-17-6-4-3-5-14(17)19/h3-10,19,29H,11-12H2,1-2H3/t19-/m0/s1. The van der Waals surface area contributed by atoms with Crippen molar-refractivity contribution in [3.05, 3.63) is 87.3 Å². The Bertz CT molecular complexity index is 1290. The second-order valence-corrected chi connectivity index (χ2v) is 9.45. The van der Waals surface area contributed by atoms with E-state index in [1.165, 1.54) is 18.3 Å². The second-order valence-electron chi connectivity index (χ2n) is 8.43. The maximum atomic E-state index is 14.0. The van der Waals surface area contributed by atoms with Crippen molar-refractivity contribution in [3.8, 4) is 5.75 Å². The van der Waals surface area contributed by atoms with Gasteiger partial charge in [-0.2, -0.15) is 4.39 Å². The molecule has 8 heteroatoms. The van der Waals surface area contributed by atoms with Crippen molar-refractivity contribution in [2.75, 3.05) is 11.6 Å². The number of thioether (sulfide) groups is 1. The number of pyridine rings is 2. The highest BCUT2D eigenvalue weighted by molar-refractivity contribution is 7.98. The number of nitrogens with zero attached hydrogens (tertiary/aromatic N) is 3. The molecular weight excluding hydrogens is 417 g/mol. The highest BCUT2D eigenvalue weighted by atomic mass is 32.2. The third-order valence-electron chi connectivity index (χ3n) is 5.86. The monoisotopic (exact) mass is 437 g/mol. The van der Waals surface area contributed by atoms with Crippen molar-refractivity contribution in [1.29, 1.82) is 0 Å². The average Bonchev–Trinajstić information content (AvgIpc) is 2.89. The second kappa shape index (κ2) is 6.95. The quantitative estimate of drug-likeness (QED) is 0.586. The Balaban J connectivity index is 1.81. The Morgan fingerprint density at radius 1 is 1.13 bits per heavy atom. The number of rotatable bonds is 1. The lowest BCUT2D eigenvalue weighted by molar-refractivity contribution is 0.0786. The number of benzene rings is 1. The van der Waals surface area contributed by atoms with E-state index in [1.807, 2.05) is 29.3 Å². The smallest absolute Gasteiger partial charge is 0.224 e. The summed E-state index contributed by atoms with van der Waals surface area (Å²) < 4.78 is 15.5. The zero-order valence-corrected chi connectivity index (χ0v) is 17.8. The molecule has 0 unspecified atom stereocenters. The van der Waals surface area contributed by atoms with Crippen LogP contribution in [0, 0.1) is 11.4 Å². The van der Waals surface area contributed by atoms with Crippen LogP contribution in [0.3, 0.4) is 0 Å². The van der Waals surface area contributed by atoms with Crippen LogP contribution in [0.15, 0.2) is 58.4 Å². The molecule has 0 spiro atoms. The van der Waals surface area contributed by atoms with E-state index in [-0.39, 0.29) is 17.5 Å². The van der Waals surface area contributed by atoms with Crippen molar-refractivity contribution in [2.45, 2.75) is 30.5 Å². The Labute approximate surface area is 182 Å². The number of carbonyl (C=O) groups is 1. The van der Waals surface area contributed by atoms with E-state index in [4.69, 9.17) is 0 Å². The zero-order chi connectivity index (χ0) is 21.9. The molecule has 0 radical (unpaired) electrons. The number of hydrogen-bond donors (Lipinski definition) is 1. The van der Waals surface area contributed by atoms with Crippen molar-refractivity contribution >= 4 is 17.5 Å². The summed E-state index contributed by atoms with van der Waals surface area (Å²) in [6.07, 6.45) is 1.52. The number of ketones is 1. The first-order chi connectivity index (χ1) is 14.8. The maximum absolute atomic E-state index is 14.0. The third kappa shape index (κ3) is 3.05. The van der Waals surface area contributed by atoms with Crippen molar-refractivity contribution in [2.24, 2.45) is 5.41 Å². The fourth-order valence-electron chi connectivity index (χ4n) is 4.35. The van der Waals surface area contributed by atoms with E-state index in [0.717, 1.165) is 16.0 Å². The van der Waals surface area contributed by atoms with Gasteiger partial charge in [0.1, 0.15) is 0 Å². The number of Topliss-reactive ketones (excluding diaryl/α,β-unsaturated/α-hetero) is 1. The van der Waals surface area contributed by atoms with Crippen LogP contribution in [-0.4, -0.2) is 27.1 Å². The molecule has 31 heavy (non-hydrogen) atoms. The predicted octanol–water partition coefficient (Wildman–Crippen LogP) is 3.64. The van der Waals surface area contributed by atoms with Gasteiger partial charge in [0.15, 0.2) is 17.2 Å².